The summed E-state index contributed by atoms with van der Waals surface area (Å²) < 4.78 is 0. The molecule has 0 aliphatic heterocycles. The van der Waals surface area contributed by atoms with Gasteiger partial charge in [-0.25, -0.2) is 0 Å². The van der Waals surface area contributed by atoms with Crippen molar-refractivity contribution in [3.63, 3.8) is 0 Å². The molecule has 5 heteroatoms. The van der Waals surface area contributed by atoms with Crippen LogP contribution in [0.1, 0.15) is 45.1 Å². The number of hydrogen-bond donors (Lipinski definition) is 2. The lowest BCUT2D eigenvalue weighted by Gasteiger charge is -2.21. The molecule has 0 bridgehead atoms. The highest BCUT2D eigenvalue weighted by Gasteiger charge is 2.16. The van der Waals surface area contributed by atoms with E-state index in [1.54, 1.807) is 12.3 Å². The predicted octanol–water partition coefficient (Wildman–Crippen LogP) is 4.20. The Labute approximate surface area is 150 Å². The molecule has 1 heterocycles. The number of carbonyl (C=O) groups is 1. The van der Waals surface area contributed by atoms with Crippen molar-refractivity contribution in [2.75, 3.05) is 23.3 Å². The van der Waals surface area contributed by atoms with E-state index in [4.69, 9.17) is 0 Å². The minimum absolute atomic E-state index is 0.173. The van der Waals surface area contributed by atoms with E-state index in [9.17, 15) is 4.79 Å². The average molecular weight is 340 g/mol. The van der Waals surface area contributed by atoms with Crippen molar-refractivity contribution in [3.05, 3.63) is 48.3 Å². The maximum Gasteiger partial charge on any atom is 0.270 e. The number of nitrogens with zero attached hydrogens (tertiary/aromatic N) is 2. The molecule has 1 aromatic carbocycles. The predicted molar refractivity (Wildman–Crippen MR) is 105 cm³/mol. The van der Waals surface area contributed by atoms with E-state index in [1.807, 2.05) is 39.0 Å². The van der Waals surface area contributed by atoms with Crippen LogP contribution < -0.4 is 15.5 Å². The summed E-state index contributed by atoms with van der Waals surface area (Å²) in [6.45, 7) is 12.1. The van der Waals surface area contributed by atoms with Crippen LogP contribution in [0.25, 0.3) is 0 Å². The molecular formula is C20H28N4O. The Hall–Kier alpha value is -2.56. The zero-order valence-corrected chi connectivity index (χ0v) is 15.8. The molecule has 1 amide bonds. The number of benzene rings is 1. The van der Waals surface area contributed by atoms with E-state index in [-0.39, 0.29) is 11.4 Å². The Bertz CT molecular complexity index is 700. The van der Waals surface area contributed by atoms with Crippen molar-refractivity contribution in [2.45, 2.75) is 40.2 Å². The molecule has 0 atom stereocenters. The first-order valence-electron chi connectivity index (χ1n) is 8.73. The van der Waals surface area contributed by atoms with Gasteiger partial charge in [-0.3, -0.25) is 9.78 Å². The molecule has 25 heavy (non-hydrogen) atoms. The topological polar surface area (TPSA) is 57.3 Å². The van der Waals surface area contributed by atoms with Crippen LogP contribution in [0, 0.1) is 0 Å². The number of nitrogens with one attached hydrogen (secondary N) is 2. The smallest absolute Gasteiger partial charge is 0.270 e. The first kappa shape index (κ1) is 18.8. The van der Waals surface area contributed by atoms with Crippen molar-refractivity contribution in [3.8, 4) is 0 Å². The number of amides is 1. The summed E-state index contributed by atoms with van der Waals surface area (Å²) >= 11 is 0. The highest BCUT2D eigenvalue weighted by molar-refractivity contribution is 5.93. The molecule has 0 saturated heterocycles. The Morgan fingerprint density at radius 2 is 1.68 bits per heavy atom. The van der Waals surface area contributed by atoms with Gasteiger partial charge in [0.15, 0.2) is 0 Å². The van der Waals surface area contributed by atoms with Gasteiger partial charge in [-0.2, -0.15) is 0 Å². The molecule has 0 saturated carbocycles. The zero-order chi connectivity index (χ0) is 18.4. The van der Waals surface area contributed by atoms with Crippen LogP contribution in [0.4, 0.5) is 17.1 Å². The molecular weight excluding hydrogens is 312 g/mol. The molecule has 2 rings (SSSR count). The second-order valence-corrected chi connectivity index (χ2v) is 6.98. The van der Waals surface area contributed by atoms with Crippen LogP contribution in [-0.4, -0.2) is 29.5 Å². The van der Waals surface area contributed by atoms with Gasteiger partial charge in [-0.15, -0.1) is 0 Å². The Morgan fingerprint density at radius 3 is 2.24 bits per heavy atom. The lowest BCUT2D eigenvalue weighted by atomic mass is 10.1. The first-order chi connectivity index (χ1) is 11.8. The lowest BCUT2D eigenvalue weighted by molar-refractivity contribution is 0.0914. The summed E-state index contributed by atoms with van der Waals surface area (Å²) in [5.41, 5.74) is 3.13. The third kappa shape index (κ3) is 5.48. The van der Waals surface area contributed by atoms with Crippen molar-refractivity contribution in [1.29, 1.82) is 0 Å². The summed E-state index contributed by atoms with van der Waals surface area (Å²) in [6, 6.07) is 11.9. The molecule has 0 aliphatic carbocycles. The third-order valence-corrected chi connectivity index (χ3v) is 3.77. The van der Waals surface area contributed by atoms with Crippen LogP contribution >= 0.6 is 0 Å². The molecule has 0 spiro atoms. The van der Waals surface area contributed by atoms with E-state index in [0.717, 1.165) is 24.5 Å². The normalized spacial score (nSPS) is 11.1. The van der Waals surface area contributed by atoms with Crippen LogP contribution in [0.15, 0.2) is 42.6 Å². The molecule has 2 aromatic rings. The SMILES string of the molecule is CCN(CC)c1ccc(Nc2ccnc(C(=O)NC(C)(C)C)c2)cc1. The number of hydrogen-bond acceptors (Lipinski definition) is 4. The summed E-state index contributed by atoms with van der Waals surface area (Å²) in [6.07, 6.45) is 1.64. The number of aromatic nitrogens is 1. The number of anilines is 3. The van der Waals surface area contributed by atoms with Gasteiger partial charge in [-0.05, 0) is 71.0 Å². The van der Waals surface area contributed by atoms with Gasteiger partial charge in [0.25, 0.3) is 5.91 Å². The van der Waals surface area contributed by atoms with E-state index >= 15 is 0 Å². The number of rotatable bonds is 6. The Morgan fingerprint density at radius 1 is 1.04 bits per heavy atom. The van der Waals surface area contributed by atoms with Crippen LogP contribution in [0.3, 0.4) is 0 Å². The lowest BCUT2D eigenvalue weighted by Crippen LogP contribution is -2.40. The molecule has 0 unspecified atom stereocenters. The maximum atomic E-state index is 12.2. The summed E-state index contributed by atoms with van der Waals surface area (Å²) in [4.78, 5) is 18.7. The van der Waals surface area contributed by atoms with Crippen LogP contribution in [-0.2, 0) is 0 Å². The van der Waals surface area contributed by atoms with Crippen molar-refractivity contribution in [2.24, 2.45) is 0 Å². The molecule has 0 radical (unpaired) electrons. The first-order valence-corrected chi connectivity index (χ1v) is 8.73. The second kappa shape index (κ2) is 8.01. The zero-order valence-electron chi connectivity index (χ0n) is 15.8. The Kier molecular flexibility index (Phi) is 6.02. The molecule has 5 nitrogen and oxygen atoms in total. The van der Waals surface area contributed by atoms with E-state index < -0.39 is 0 Å². The highest BCUT2D eigenvalue weighted by Crippen LogP contribution is 2.21. The molecule has 134 valence electrons. The highest BCUT2D eigenvalue weighted by atomic mass is 16.2. The monoisotopic (exact) mass is 340 g/mol. The average Bonchev–Trinajstić information content (AvgIpc) is 2.56. The van der Waals surface area contributed by atoms with E-state index in [0.29, 0.717) is 5.69 Å². The third-order valence-electron chi connectivity index (χ3n) is 3.77. The van der Waals surface area contributed by atoms with Crippen molar-refractivity contribution in [1.82, 2.24) is 10.3 Å². The molecule has 0 aliphatic rings. The summed E-state index contributed by atoms with van der Waals surface area (Å²) in [5.74, 6) is -0.173. The number of pyridine rings is 1. The fourth-order valence-corrected chi connectivity index (χ4v) is 2.55. The van der Waals surface area contributed by atoms with Crippen LogP contribution in [0.2, 0.25) is 0 Å². The number of carbonyl (C=O) groups excluding carboxylic acids is 1. The largest absolute Gasteiger partial charge is 0.372 e. The molecule has 1 aromatic heterocycles. The molecule has 0 fully saturated rings. The quantitative estimate of drug-likeness (QED) is 0.827. The van der Waals surface area contributed by atoms with Gasteiger partial charge in [0.1, 0.15) is 5.69 Å². The van der Waals surface area contributed by atoms with Gasteiger partial charge in [0.05, 0.1) is 0 Å². The summed E-state index contributed by atoms with van der Waals surface area (Å²) in [5, 5.41) is 6.25. The van der Waals surface area contributed by atoms with E-state index in [2.05, 4.69) is 46.5 Å². The fourth-order valence-electron chi connectivity index (χ4n) is 2.55. The van der Waals surface area contributed by atoms with Crippen molar-refractivity contribution >= 4 is 23.0 Å². The van der Waals surface area contributed by atoms with E-state index in [1.165, 1.54) is 5.69 Å². The van der Waals surface area contributed by atoms with Gasteiger partial charge in [0, 0.05) is 41.9 Å². The fraction of sp³-hybridized carbons (Fsp3) is 0.400. The standard InChI is InChI=1S/C20H28N4O/c1-6-24(7-2)17-10-8-15(9-11-17)22-16-12-13-21-18(14-16)19(25)23-20(3,4)5/h8-14H,6-7H2,1-5H3,(H,21,22)(H,23,25). The van der Waals surface area contributed by atoms with Gasteiger partial charge in [-0.1, -0.05) is 0 Å². The van der Waals surface area contributed by atoms with Crippen LogP contribution in [0.5, 0.6) is 0 Å². The summed E-state index contributed by atoms with van der Waals surface area (Å²) in [7, 11) is 0. The van der Waals surface area contributed by atoms with Gasteiger partial charge < -0.3 is 15.5 Å². The molecule has 2 N–H and O–H groups in total. The second-order valence-electron chi connectivity index (χ2n) is 6.98. The van der Waals surface area contributed by atoms with Crippen molar-refractivity contribution < 1.29 is 4.79 Å². The minimum atomic E-state index is -0.289. The minimum Gasteiger partial charge on any atom is -0.372 e. The Balaban J connectivity index is 2.10. The maximum absolute atomic E-state index is 12.2. The van der Waals surface area contributed by atoms with Gasteiger partial charge in [0.2, 0.25) is 0 Å². The van der Waals surface area contributed by atoms with Gasteiger partial charge >= 0.3 is 0 Å².